The molecule has 2 rings (SSSR count). The molecule has 0 saturated heterocycles. The van der Waals surface area contributed by atoms with Crippen LogP contribution in [-0.2, 0) is 13.0 Å². The summed E-state index contributed by atoms with van der Waals surface area (Å²) in [5.41, 5.74) is 1.32. The lowest BCUT2D eigenvalue weighted by atomic mass is 10.1. The molecule has 0 fully saturated rings. The monoisotopic (exact) mass is 261 g/mol. The predicted molar refractivity (Wildman–Crippen MR) is 76.9 cm³/mol. The van der Waals surface area contributed by atoms with Crippen LogP contribution in [0.15, 0.2) is 52.0 Å². The number of thioether (sulfide) groups is 1. The quantitative estimate of drug-likeness (QED) is 0.802. The first-order valence-corrected chi connectivity index (χ1v) is 7.39. The fourth-order valence-corrected chi connectivity index (χ4v) is 2.25. The molecule has 0 aliphatic rings. The van der Waals surface area contributed by atoms with Crippen LogP contribution < -0.4 is 5.32 Å². The largest absolute Gasteiger partial charge is 0.469 e. The van der Waals surface area contributed by atoms with Gasteiger partial charge in [-0.2, -0.15) is 0 Å². The molecule has 0 spiro atoms. The van der Waals surface area contributed by atoms with Gasteiger partial charge in [0.1, 0.15) is 5.76 Å². The maximum atomic E-state index is 5.34. The molecule has 1 atom stereocenters. The van der Waals surface area contributed by atoms with E-state index in [0.717, 1.165) is 18.7 Å². The lowest BCUT2D eigenvalue weighted by molar-refractivity contribution is 0.456. The van der Waals surface area contributed by atoms with Gasteiger partial charge in [-0.25, -0.2) is 0 Å². The minimum Gasteiger partial charge on any atom is -0.469 e. The van der Waals surface area contributed by atoms with Crippen molar-refractivity contribution < 1.29 is 4.42 Å². The minimum absolute atomic E-state index is 0.413. The van der Waals surface area contributed by atoms with Crippen LogP contribution in [0.5, 0.6) is 0 Å². The van der Waals surface area contributed by atoms with Gasteiger partial charge in [0.2, 0.25) is 0 Å². The number of benzene rings is 1. The summed E-state index contributed by atoms with van der Waals surface area (Å²) in [5, 5.41) is 3.51. The fourth-order valence-electron chi connectivity index (χ4n) is 1.84. The Balaban J connectivity index is 1.79. The Hall–Kier alpha value is -1.19. The SMILES string of the molecule is CSc1ccc(CNC(C)Cc2ccco2)cc1. The highest BCUT2D eigenvalue weighted by Gasteiger charge is 2.05. The van der Waals surface area contributed by atoms with Gasteiger partial charge < -0.3 is 9.73 Å². The van der Waals surface area contributed by atoms with Crippen molar-refractivity contribution in [2.45, 2.75) is 30.8 Å². The van der Waals surface area contributed by atoms with Crippen LogP contribution >= 0.6 is 11.8 Å². The van der Waals surface area contributed by atoms with Crippen molar-refractivity contribution in [2.75, 3.05) is 6.26 Å². The van der Waals surface area contributed by atoms with E-state index in [-0.39, 0.29) is 0 Å². The molecule has 18 heavy (non-hydrogen) atoms. The summed E-state index contributed by atoms with van der Waals surface area (Å²) in [7, 11) is 0. The molecule has 0 aliphatic carbocycles. The second-order valence-corrected chi connectivity index (χ2v) is 5.29. The molecule has 1 aromatic carbocycles. The van der Waals surface area contributed by atoms with E-state index >= 15 is 0 Å². The maximum Gasteiger partial charge on any atom is 0.105 e. The zero-order valence-electron chi connectivity index (χ0n) is 10.8. The summed E-state index contributed by atoms with van der Waals surface area (Å²) >= 11 is 1.77. The highest BCUT2D eigenvalue weighted by molar-refractivity contribution is 7.98. The van der Waals surface area contributed by atoms with Crippen LogP contribution in [0.3, 0.4) is 0 Å². The number of rotatable bonds is 6. The van der Waals surface area contributed by atoms with E-state index in [2.05, 4.69) is 42.8 Å². The van der Waals surface area contributed by atoms with Crippen molar-refractivity contribution in [2.24, 2.45) is 0 Å². The van der Waals surface area contributed by atoms with E-state index in [1.165, 1.54) is 10.5 Å². The van der Waals surface area contributed by atoms with Gasteiger partial charge in [-0.1, -0.05) is 12.1 Å². The third-order valence-electron chi connectivity index (χ3n) is 2.90. The minimum atomic E-state index is 0.413. The third kappa shape index (κ3) is 3.93. The molecule has 96 valence electrons. The number of hydrogen-bond donors (Lipinski definition) is 1. The third-order valence-corrected chi connectivity index (χ3v) is 3.64. The van der Waals surface area contributed by atoms with Crippen LogP contribution in [0.2, 0.25) is 0 Å². The normalized spacial score (nSPS) is 12.6. The summed E-state index contributed by atoms with van der Waals surface area (Å²) < 4.78 is 5.34. The van der Waals surface area contributed by atoms with E-state index in [4.69, 9.17) is 4.42 Å². The van der Waals surface area contributed by atoms with Gasteiger partial charge in [0.15, 0.2) is 0 Å². The first-order chi connectivity index (χ1) is 8.78. The molecule has 0 amide bonds. The Labute approximate surface area is 113 Å². The van der Waals surface area contributed by atoms with Gasteiger partial charge in [-0.05, 0) is 43.0 Å². The van der Waals surface area contributed by atoms with Crippen LogP contribution in [0.1, 0.15) is 18.2 Å². The van der Waals surface area contributed by atoms with Gasteiger partial charge in [0.05, 0.1) is 6.26 Å². The molecule has 1 heterocycles. The smallest absolute Gasteiger partial charge is 0.105 e. The summed E-state index contributed by atoms with van der Waals surface area (Å²) in [6, 6.07) is 13.1. The van der Waals surface area contributed by atoms with Crippen molar-refractivity contribution in [3.8, 4) is 0 Å². The standard InChI is InChI=1S/C15H19NOS/c1-12(10-14-4-3-9-17-14)16-11-13-5-7-15(18-2)8-6-13/h3-9,12,16H,10-11H2,1-2H3. The molecule has 0 radical (unpaired) electrons. The fraction of sp³-hybridized carbons (Fsp3) is 0.333. The van der Waals surface area contributed by atoms with Gasteiger partial charge in [-0.15, -0.1) is 11.8 Å². The molecule has 0 bridgehead atoms. The van der Waals surface area contributed by atoms with Crippen molar-refractivity contribution in [3.05, 3.63) is 54.0 Å². The van der Waals surface area contributed by atoms with Crippen molar-refractivity contribution in [3.63, 3.8) is 0 Å². The summed E-state index contributed by atoms with van der Waals surface area (Å²) in [4.78, 5) is 1.31. The van der Waals surface area contributed by atoms with Crippen molar-refractivity contribution in [1.29, 1.82) is 0 Å². The van der Waals surface area contributed by atoms with E-state index < -0.39 is 0 Å². The lowest BCUT2D eigenvalue weighted by Crippen LogP contribution is -2.27. The number of hydrogen-bond acceptors (Lipinski definition) is 3. The molecular weight excluding hydrogens is 242 g/mol. The van der Waals surface area contributed by atoms with Crippen molar-refractivity contribution in [1.82, 2.24) is 5.32 Å². The van der Waals surface area contributed by atoms with Crippen molar-refractivity contribution >= 4 is 11.8 Å². The second-order valence-electron chi connectivity index (χ2n) is 4.41. The molecule has 0 saturated carbocycles. The summed E-state index contributed by atoms with van der Waals surface area (Å²) in [6.45, 7) is 3.08. The molecule has 3 heteroatoms. The Kier molecular flexibility index (Phi) is 4.90. The van der Waals surface area contributed by atoms with E-state index in [9.17, 15) is 0 Å². The lowest BCUT2D eigenvalue weighted by Gasteiger charge is -2.12. The van der Waals surface area contributed by atoms with Gasteiger partial charge in [0.25, 0.3) is 0 Å². The summed E-state index contributed by atoms with van der Waals surface area (Å²) in [6.07, 6.45) is 4.75. The number of nitrogens with one attached hydrogen (secondary N) is 1. The molecule has 1 N–H and O–H groups in total. The van der Waals surface area contributed by atoms with E-state index in [0.29, 0.717) is 6.04 Å². The van der Waals surface area contributed by atoms with Gasteiger partial charge in [0, 0.05) is 23.9 Å². The molecule has 1 unspecified atom stereocenters. The molecule has 1 aromatic heterocycles. The Bertz CT molecular complexity index is 450. The highest BCUT2D eigenvalue weighted by Crippen LogP contribution is 2.14. The van der Waals surface area contributed by atoms with Crippen LogP contribution in [0, 0.1) is 0 Å². The molecular formula is C15H19NOS. The zero-order chi connectivity index (χ0) is 12.8. The first kappa shape index (κ1) is 13.2. The maximum absolute atomic E-state index is 5.34. The van der Waals surface area contributed by atoms with E-state index in [1.807, 2.05) is 12.1 Å². The van der Waals surface area contributed by atoms with E-state index in [1.54, 1.807) is 18.0 Å². The molecule has 2 aromatic rings. The topological polar surface area (TPSA) is 25.2 Å². The van der Waals surface area contributed by atoms with Gasteiger partial charge in [-0.3, -0.25) is 0 Å². The second kappa shape index (κ2) is 6.66. The Morgan fingerprint density at radius 3 is 2.61 bits per heavy atom. The zero-order valence-corrected chi connectivity index (χ0v) is 11.7. The Morgan fingerprint density at radius 2 is 2.00 bits per heavy atom. The average Bonchev–Trinajstić information content (AvgIpc) is 2.90. The van der Waals surface area contributed by atoms with Gasteiger partial charge >= 0.3 is 0 Å². The highest BCUT2D eigenvalue weighted by atomic mass is 32.2. The predicted octanol–water partition coefficient (Wildman–Crippen LogP) is 3.72. The van der Waals surface area contributed by atoms with Crippen LogP contribution in [0.4, 0.5) is 0 Å². The van der Waals surface area contributed by atoms with Crippen LogP contribution in [-0.4, -0.2) is 12.3 Å². The Morgan fingerprint density at radius 1 is 1.22 bits per heavy atom. The van der Waals surface area contributed by atoms with Crippen LogP contribution in [0.25, 0.3) is 0 Å². The first-order valence-electron chi connectivity index (χ1n) is 6.16. The number of furan rings is 1. The summed E-state index contributed by atoms with van der Waals surface area (Å²) in [5.74, 6) is 1.03. The average molecular weight is 261 g/mol. The molecule has 2 nitrogen and oxygen atoms in total. The molecule has 0 aliphatic heterocycles.